The van der Waals surface area contributed by atoms with E-state index in [4.69, 9.17) is 11.6 Å². The molecule has 0 aliphatic heterocycles. The SMILES string of the molecule is CC(=O)c1c(F)ccc(Cl)c1OC(F)(F)F. The average molecular weight is 257 g/mol. The number of rotatable bonds is 2. The number of hydrogen-bond acceptors (Lipinski definition) is 2. The Hall–Kier alpha value is -1.30. The van der Waals surface area contributed by atoms with Crippen molar-refractivity contribution in [3.8, 4) is 5.75 Å². The van der Waals surface area contributed by atoms with Gasteiger partial charge in [-0.15, -0.1) is 13.2 Å². The monoisotopic (exact) mass is 256 g/mol. The molecule has 88 valence electrons. The van der Waals surface area contributed by atoms with E-state index in [-0.39, 0.29) is 0 Å². The maximum Gasteiger partial charge on any atom is 0.573 e. The third-order valence-corrected chi connectivity index (χ3v) is 1.93. The van der Waals surface area contributed by atoms with Crippen molar-refractivity contribution in [3.05, 3.63) is 28.5 Å². The topological polar surface area (TPSA) is 26.3 Å². The molecular formula is C9H5ClF4O2. The second-order valence-electron chi connectivity index (χ2n) is 2.84. The van der Waals surface area contributed by atoms with Gasteiger partial charge in [0.15, 0.2) is 11.5 Å². The van der Waals surface area contributed by atoms with Crippen LogP contribution in [-0.2, 0) is 0 Å². The fraction of sp³-hybridized carbons (Fsp3) is 0.222. The van der Waals surface area contributed by atoms with Gasteiger partial charge in [-0.1, -0.05) is 11.6 Å². The van der Waals surface area contributed by atoms with E-state index >= 15 is 0 Å². The molecular weight excluding hydrogens is 252 g/mol. The number of ether oxygens (including phenoxy) is 1. The van der Waals surface area contributed by atoms with Crippen LogP contribution in [0.3, 0.4) is 0 Å². The zero-order valence-electron chi connectivity index (χ0n) is 7.86. The van der Waals surface area contributed by atoms with Crippen molar-refractivity contribution in [2.75, 3.05) is 0 Å². The largest absolute Gasteiger partial charge is 0.573 e. The number of ketones is 1. The standard InChI is InChI=1S/C9H5ClF4O2/c1-4(15)7-6(11)3-2-5(10)8(7)16-9(12,13)14/h2-3H,1H3. The number of halogens is 5. The van der Waals surface area contributed by atoms with Crippen LogP contribution >= 0.6 is 11.6 Å². The number of benzene rings is 1. The van der Waals surface area contributed by atoms with E-state index in [1.807, 2.05) is 0 Å². The van der Waals surface area contributed by atoms with E-state index in [0.29, 0.717) is 0 Å². The molecule has 2 nitrogen and oxygen atoms in total. The van der Waals surface area contributed by atoms with Crippen LogP contribution in [0.1, 0.15) is 17.3 Å². The Labute approximate surface area is 92.8 Å². The Morgan fingerprint density at radius 1 is 1.38 bits per heavy atom. The van der Waals surface area contributed by atoms with Crippen LogP contribution in [0.25, 0.3) is 0 Å². The molecule has 0 bridgehead atoms. The number of alkyl halides is 3. The minimum absolute atomic E-state index is 0.482. The van der Waals surface area contributed by atoms with Crippen molar-refractivity contribution in [1.29, 1.82) is 0 Å². The fourth-order valence-corrected chi connectivity index (χ4v) is 1.27. The third-order valence-electron chi connectivity index (χ3n) is 1.63. The van der Waals surface area contributed by atoms with Crippen molar-refractivity contribution >= 4 is 17.4 Å². The summed E-state index contributed by atoms with van der Waals surface area (Å²) in [5, 5.41) is -0.482. The molecule has 1 rings (SSSR count). The van der Waals surface area contributed by atoms with Gasteiger partial charge >= 0.3 is 6.36 Å². The highest BCUT2D eigenvalue weighted by Gasteiger charge is 2.34. The quantitative estimate of drug-likeness (QED) is 0.597. The summed E-state index contributed by atoms with van der Waals surface area (Å²) in [6, 6.07) is 1.67. The second kappa shape index (κ2) is 4.29. The van der Waals surface area contributed by atoms with Gasteiger partial charge in [0, 0.05) is 0 Å². The molecule has 0 N–H and O–H groups in total. The first-order chi connectivity index (χ1) is 7.22. The van der Waals surface area contributed by atoms with Gasteiger partial charge < -0.3 is 4.74 Å². The number of hydrogen-bond donors (Lipinski definition) is 0. The van der Waals surface area contributed by atoms with E-state index in [2.05, 4.69) is 4.74 Å². The molecule has 16 heavy (non-hydrogen) atoms. The molecule has 0 saturated carbocycles. The number of Topliss-reactive ketones (excluding diaryl/α,β-unsaturated/α-hetero) is 1. The molecule has 0 heterocycles. The zero-order valence-corrected chi connectivity index (χ0v) is 8.62. The molecule has 0 aromatic heterocycles. The molecule has 0 radical (unpaired) electrons. The minimum atomic E-state index is -5.04. The van der Waals surface area contributed by atoms with Gasteiger partial charge in [-0.2, -0.15) is 0 Å². The summed E-state index contributed by atoms with van der Waals surface area (Å²) in [6.45, 7) is 0.915. The Morgan fingerprint density at radius 3 is 2.38 bits per heavy atom. The van der Waals surface area contributed by atoms with E-state index < -0.39 is 34.3 Å². The Bertz CT molecular complexity index is 428. The Morgan fingerprint density at radius 2 is 1.94 bits per heavy atom. The van der Waals surface area contributed by atoms with Gasteiger partial charge in [0.25, 0.3) is 0 Å². The van der Waals surface area contributed by atoms with E-state index in [9.17, 15) is 22.4 Å². The number of carbonyl (C=O) groups is 1. The van der Waals surface area contributed by atoms with E-state index in [1.165, 1.54) is 0 Å². The molecule has 0 spiro atoms. The molecule has 7 heteroatoms. The van der Waals surface area contributed by atoms with Crippen molar-refractivity contribution < 1.29 is 27.1 Å². The third kappa shape index (κ3) is 2.85. The fourth-order valence-electron chi connectivity index (χ4n) is 1.08. The predicted molar refractivity (Wildman–Crippen MR) is 48.1 cm³/mol. The molecule has 1 aromatic carbocycles. The summed E-state index contributed by atoms with van der Waals surface area (Å²) >= 11 is 5.41. The maximum absolute atomic E-state index is 13.1. The molecule has 0 saturated heterocycles. The van der Waals surface area contributed by atoms with Crippen LogP contribution in [0.5, 0.6) is 5.75 Å². The van der Waals surface area contributed by atoms with Crippen LogP contribution in [0, 0.1) is 5.82 Å². The summed E-state index contributed by atoms with van der Waals surface area (Å²) < 4.78 is 52.6. The van der Waals surface area contributed by atoms with Gasteiger partial charge in [0.1, 0.15) is 5.82 Å². The summed E-state index contributed by atoms with van der Waals surface area (Å²) in [5.74, 6) is -3.03. The van der Waals surface area contributed by atoms with Gasteiger partial charge in [-0.3, -0.25) is 4.79 Å². The van der Waals surface area contributed by atoms with Crippen molar-refractivity contribution in [2.45, 2.75) is 13.3 Å². The van der Waals surface area contributed by atoms with Crippen LogP contribution in [-0.4, -0.2) is 12.1 Å². The van der Waals surface area contributed by atoms with Gasteiger partial charge in [0.05, 0.1) is 10.6 Å². The maximum atomic E-state index is 13.1. The highest BCUT2D eigenvalue weighted by molar-refractivity contribution is 6.32. The van der Waals surface area contributed by atoms with E-state index in [1.54, 1.807) is 0 Å². The summed E-state index contributed by atoms with van der Waals surface area (Å²) in [6.07, 6.45) is -5.04. The zero-order chi connectivity index (χ0) is 12.5. The lowest BCUT2D eigenvalue weighted by Crippen LogP contribution is -2.19. The lowest BCUT2D eigenvalue weighted by Gasteiger charge is -2.13. The van der Waals surface area contributed by atoms with Crippen molar-refractivity contribution in [3.63, 3.8) is 0 Å². The summed E-state index contributed by atoms with van der Waals surface area (Å²) in [4.78, 5) is 11.0. The molecule has 0 fully saturated rings. The lowest BCUT2D eigenvalue weighted by molar-refractivity contribution is -0.274. The minimum Gasteiger partial charge on any atom is -0.403 e. The average Bonchev–Trinajstić information content (AvgIpc) is 2.08. The highest BCUT2D eigenvalue weighted by Crippen LogP contribution is 2.35. The van der Waals surface area contributed by atoms with Crippen LogP contribution < -0.4 is 4.74 Å². The van der Waals surface area contributed by atoms with Crippen molar-refractivity contribution in [2.24, 2.45) is 0 Å². The molecule has 0 atom stereocenters. The normalized spacial score (nSPS) is 11.4. The van der Waals surface area contributed by atoms with E-state index in [0.717, 1.165) is 19.1 Å². The molecule has 0 unspecified atom stereocenters. The van der Waals surface area contributed by atoms with Crippen LogP contribution in [0.2, 0.25) is 5.02 Å². The first-order valence-corrected chi connectivity index (χ1v) is 4.35. The smallest absolute Gasteiger partial charge is 0.403 e. The first-order valence-electron chi connectivity index (χ1n) is 3.97. The van der Waals surface area contributed by atoms with Gasteiger partial charge in [-0.05, 0) is 19.1 Å². The lowest BCUT2D eigenvalue weighted by atomic mass is 10.1. The van der Waals surface area contributed by atoms with Gasteiger partial charge in [-0.25, -0.2) is 4.39 Å². The second-order valence-corrected chi connectivity index (χ2v) is 3.24. The summed E-state index contributed by atoms with van der Waals surface area (Å²) in [7, 11) is 0. The van der Waals surface area contributed by atoms with Crippen LogP contribution in [0.4, 0.5) is 17.6 Å². The first kappa shape index (κ1) is 12.8. The predicted octanol–water partition coefficient (Wildman–Crippen LogP) is 3.58. The highest BCUT2D eigenvalue weighted by atomic mass is 35.5. The van der Waals surface area contributed by atoms with Crippen molar-refractivity contribution in [1.82, 2.24) is 0 Å². The van der Waals surface area contributed by atoms with Crippen LogP contribution in [0.15, 0.2) is 12.1 Å². The Kier molecular flexibility index (Phi) is 3.42. The molecule has 0 amide bonds. The molecule has 0 aliphatic rings. The summed E-state index contributed by atoms with van der Waals surface area (Å²) in [5.41, 5.74) is -0.815. The molecule has 0 aliphatic carbocycles. The number of carbonyl (C=O) groups excluding carboxylic acids is 1. The van der Waals surface area contributed by atoms with Gasteiger partial charge in [0.2, 0.25) is 0 Å². The Balaban J connectivity index is 3.35. The molecule has 1 aromatic rings.